The van der Waals surface area contributed by atoms with Gasteiger partial charge in [0.05, 0.1) is 23.1 Å². The molecular weight excluding hydrogens is 248 g/mol. The van der Waals surface area contributed by atoms with Gasteiger partial charge in [-0.2, -0.15) is 0 Å². The number of carbonyl (C=O) groups excluding carboxylic acids is 1. The van der Waals surface area contributed by atoms with Crippen molar-refractivity contribution in [2.45, 2.75) is 52.4 Å². The van der Waals surface area contributed by atoms with Gasteiger partial charge in [-0.3, -0.25) is 4.79 Å². The first-order valence-corrected chi connectivity index (χ1v) is 6.87. The summed E-state index contributed by atoms with van der Waals surface area (Å²) in [6.45, 7) is 8.02. The Bertz CT molecular complexity index is 335. The number of thiocarbonyl (C=S) groups is 1. The lowest BCUT2D eigenvalue weighted by Crippen LogP contribution is -2.44. The fraction of sp³-hybridized carbons (Fsp3) is 0.846. The van der Waals surface area contributed by atoms with Gasteiger partial charge in [-0.1, -0.05) is 19.1 Å². The van der Waals surface area contributed by atoms with Gasteiger partial charge in [0.15, 0.2) is 0 Å². The van der Waals surface area contributed by atoms with Crippen molar-refractivity contribution in [1.82, 2.24) is 4.90 Å². The Balaban J connectivity index is 2.71. The van der Waals surface area contributed by atoms with E-state index < -0.39 is 0 Å². The standard InChI is InChI=1S/C13H24N2O2S/c1-7(6-11(14)18)15(5)13(16)12-8(2)9(3)17-10(12)4/h7-10,12H,6H2,1-5H3,(H2,14,18). The summed E-state index contributed by atoms with van der Waals surface area (Å²) in [5.41, 5.74) is 5.53. The molecule has 18 heavy (non-hydrogen) atoms. The Morgan fingerprint density at radius 1 is 1.39 bits per heavy atom. The summed E-state index contributed by atoms with van der Waals surface area (Å²) >= 11 is 4.89. The van der Waals surface area contributed by atoms with Gasteiger partial charge in [0.1, 0.15) is 0 Å². The Morgan fingerprint density at radius 2 is 1.94 bits per heavy atom. The fourth-order valence-corrected chi connectivity index (χ4v) is 2.81. The van der Waals surface area contributed by atoms with Crippen molar-refractivity contribution in [2.75, 3.05) is 7.05 Å². The summed E-state index contributed by atoms with van der Waals surface area (Å²) in [4.78, 5) is 14.7. The van der Waals surface area contributed by atoms with Crippen molar-refractivity contribution >= 4 is 23.1 Å². The predicted molar refractivity (Wildman–Crippen MR) is 76.3 cm³/mol. The van der Waals surface area contributed by atoms with Crippen LogP contribution >= 0.6 is 12.2 Å². The first kappa shape index (κ1) is 15.4. The van der Waals surface area contributed by atoms with Crippen LogP contribution in [-0.4, -0.2) is 41.1 Å². The first-order chi connectivity index (χ1) is 8.25. The van der Waals surface area contributed by atoms with Crippen LogP contribution in [0.4, 0.5) is 0 Å². The maximum atomic E-state index is 12.5. The molecule has 0 aliphatic carbocycles. The Kier molecular flexibility index (Phi) is 5.10. The van der Waals surface area contributed by atoms with Gasteiger partial charge in [-0.15, -0.1) is 0 Å². The minimum absolute atomic E-state index is 0.0259. The highest BCUT2D eigenvalue weighted by Crippen LogP contribution is 2.33. The lowest BCUT2D eigenvalue weighted by Gasteiger charge is -2.29. The summed E-state index contributed by atoms with van der Waals surface area (Å²) in [5, 5.41) is 0. The molecule has 1 aliphatic rings. The SMILES string of the molecule is CC1OC(C)C(C(=O)N(C)C(C)CC(N)=S)C1C. The van der Waals surface area contributed by atoms with Gasteiger partial charge < -0.3 is 15.4 Å². The highest BCUT2D eigenvalue weighted by atomic mass is 32.1. The van der Waals surface area contributed by atoms with E-state index in [0.717, 1.165) is 0 Å². The van der Waals surface area contributed by atoms with Crippen molar-refractivity contribution in [1.29, 1.82) is 0 Å². The minimum atomic E-state index is -0.0706. The lowest BCUT2D eigenvalue weighted by molar-refractivity contribution is -0.138. The van der Waals surface area contributed by atoms with Gasteiger partial charge in [0.25, 0.3) is 0 Å². The Labute approximate surface area is 115 Å². The molecular formula is C13H24N2O2S. The van der Waals surface area contributed by atoms with Crippen LogP contribution in [-0.2, 0) is 9.53 Å². The number of hydrogen-bond acceptors (Lipinski definition) is 3. The zero-order chi connectivity index (χ0) is 14.0. The lowest BCUT2D eigenvalue weighted by atomic mass is 9.88. The summed E-state index contributed by atoms with van der Waals surface area (Å²) < 4.78 is 5.72. The molecule has 0 aromatic rings. The smallest absolute Gasteiger partial charge is 0.228 e. The molecule has 0 spiro atoms. The monoisotopic (exact) mass is 272 g/mol. The normalized spacial score (nSPS) is 33.2. The van der Waals surface area contributed by atoms with E-state index in [0.29, 0.717) is 11.4 Å². The largest absolute Gasteiger partial charge is 0.393 e. The molecule has 4 nitrogen and oxygen atoms in total. The average Bonchev–Trinajstić information content (AvgIpc) is 2.50. The Morgan fingerprint density at radius 3 is 2.33 bits per heavy atom. The molecule has 5 heteroatoms. The van der Waals surface area contributed by atoms with Crippen LogP contribution in [0.1, 0.15) is 34.1 Å². The molecule has 1 saturated heterocycles. The molecule has 1 amide bonds. The van der Waals surface area contributed by atoms with E-state index in [1.807, 2.05) is 27.8 Å². The summed E-state index contributed by atoms with van der Waals surface area (Å²) in [6, 6.07) is 0.0327. The maximum Gasteiger partial charge on any atom is 0.228 e. The fourth-order valence-electron chi connectivity index (χ4n) is 2.57. The number of ether oxygens (including phenoxy) is 1. The molecule has 0 bridgehead atoms. The van der Waals surface area contributed by atoms with Crippen LogP contribution in [0.15, 0.2) is 0 Å². The molecule has 1 aliphatic heterocycles. The number of nitrogens with two attached hydrogens (primary N) is 1. The molecule has 104 valence electrons. The molecule has 5 unspecified atom stereocenters. The van der Waals surface area contributed by atoms with Crippen molar-refractivity contribution in [3.8, 4) is 0 Å². The number of hydrogen-bond donors (Lipinski definition) is 1. The second-order valence-electron chi connectivity index (χ2n) is 5.40. The van der Waals surface area contributed by atoms with Crippen LogP contribution in [0, 0.1) is 11.8 Å². The van der Waals surface area contributed by atoms with Crippen molar-refractivity contribution in [3.63, 3.8) is 0 Å². The van der Waals surface area contributed by atoms with Crippen molar-refractivity contribution in [2.24, 2.45) is 17.6 Å². The third-order valence-corrected chi connectivity index (χ3v) is 4.20. The predicted octanol–water partition coefficient (Wildman–Crippen LogP) is 1.57. The van der Waals surface area contributed by atoms with Crippen LogP contribution in [0.25, 0.3) is 0 Å². The first-order valence-electron chi connectivity index (χ1n) is 6.46. The number of amides is 1. The molecule has 2 N–H and O–H groups in total. The van der Waals surface area contributed by atoms with Crippen molar-refractivity contribution in [3.05, 3.63) is 0 Å². The second kappa shape index (κ2) is 5.97. The second-order valence-corrected chi connectivity index (χ2v) is 5.92. The van der Waals surface area contributed by atoms with E-state index in [2.05, 4.69) is 6.92 Å². The van der Waals surface area contributed by atoms with E-state index in [-0.39, 0.29) is 36.0 Å². The van der Waals surface area contributed by atoms with Gasteiger partial charge >= 0.3 is 0 Å². The van der Waals surface area contributed by atoms with Gasteiger partial charge in [-0.05, 0) is 26.7 Å². The number of carbonyl (C=O) groups is 1. The van der Waals surface area contributed by atoms with E-state index in [1.165, 1.54) is 0 Å². The highest BCUT2D eigenvalue weighted by molar-refractivity contribution is 7.80. The van der Waals surface area contributed by atoms with Gasteiger partial charge in [0, 0.05) is 19.5 Å². The third kappa shape index (κ3) is 3.20. The quantitative estimate of drug-likeness (QED) is 0.789. The zero-order valence-corrected chi connectivity index (χ0v) is 12.7. The summed E-state index contributed by atoms with van der Waals surface area (Å²) in [7, 11) is 1.81. The molecule has 0 aromatic carbocycles. The molecule has 5 atom stereocenters. The molecule has 1 rings (SSSR count). The van der Waals surface area contributed by atoms with E-state index in [1.54, 1.807) is 4.90 Å². The van der Waals surface area contributed by atoms with E-state index in [4.69, 9.17) is 22.7 Å². The highest BCUT2D eigenvalue weighted by Gasteiger charge is 2.43. The number of rotatable bonds is 4. The third-order valence-electron chi connectivity index (χ3n) is 4.03. The van der Waals surface area contributed by atoms with Crippen molar-refractivity contribution < 1.29 is 9.53 Å². The average molecular weight is 272 g/mol. The van der Waals surface area contributed by atoms with Crippen LogP contribution in [0.5, 0.6) is 0 Å². The molecule has 1 heterocycles. The van der Waals surface area contributed by atoms with E-state index in [9.17, 15) is 4.79 Å². The minimum Gasteiger partial charge on any atom is -0.393 e. The molecule has 0 radical (unpaired) electrons. The van der Waals surface area contributed by atoms with Gasteiger partial charge in [-0.25, -0.2) is 0 Å². The maximum absolute atomic E-state index is 12.5. The topological polar surface area (TPSA) is 55.6 Å². The summed E-state index contributed by atoms with van der Waals surface area (Å²) in [5.74, 6) is 0.300. The zero-order valence-electron chi connectivity index (χ0n) is 11.8. The van der Waals surface area contributed by atoms with E-state index >= 15 is 0 Å². The van der Waals surface area contributed by atoms with Crippen LogP contribution in [0.2, 0.25) is 0 Å². The summed E-state index contributed by atoms with van der Waals surface area (Å²) in [6.07, 6.45) is 0.666. The molecule has 0 aromatic heterocycles. The molecule has 1 fully saturated rings. The molecule has 0 saturated carbocycles. The van der Waals surface area contributed by atoms with Gasteiger partial charge in [0.2, 0.25) is 5.91 Å². The number of nitrogens with zero attached hydrogens (tertiary/aromatic N) is 1. The van der Waals surface area contributed by atoms with Crippen LogP contribution in [0.3, 0.4) is 0 Å². The van der Waals surface area contributed by atoms with Crippen LogP contribution < -0.4 is 5.73 Å². The Hall–Kier alpha value is -0.680.